The van der Waals surface area contributed by atoms with Crippen LogP contribution in [0, 0.1) is 0 Å². The molecule has 1 aromatic carbocycles. The van der Waals surface area contributed by atoms with Crippen LogP contribution in [0.3, 0.4) is 0 Å². The molecule has 108 valence electrons. The molecule has 0 spiro atoms. The number of nitrogens with one attached hydrogen (secondary N) is 2. The van der Waals surface area contributed by atoms with Crippen LogP contribution in [0.4, 0.5) is 0 Å². The molecule has 1 unspecified atom stereocenters. The summed E-state index contributed by atoms with van der Waals surface area (Å²) in [7, 11) is 0. The molecule has 1 fully saturated rings. The van der Waals surface area contributed by atoms with E-state index in [0.29, 0.717) is 19.8 Å². The van der Waals surface area contributed by atoms with Crippen molar-refractivity contribution < 1.29 is 14.3 Å². The van der Waals surface area contributed by atoms with Gasteiger partial charge in [-0.05, 0) is 46.5 Å². The zero-order valence-electron chi connectivity index (χ0n) is 11.1. The predicted octanol–water partition coefficient (Wildman–Crippen LogP) is 1.59. The first kappa shape index (κ1) is 13.7. The number of carbonyl (C=O) groups excluding carboxylic acids is 1. The van der Waals surface area contributed by atoms with Crippen LogP contribution in [0.1, 0.15) is 18.4 Å². The number of hydrogen-bond acceptors (Lipinski definition) is 4. The summed E-state index contributed by atoms with van der Waals surface area (Å²) in [4.78, 5) is 11.7. The molecule has 20 heavy (non-hydrogen) atoms. The van der Waals surface area contributed by atoms with Gasteiger partial charge in [0.05, 0.1) is 10.5 Å². The topological polar surface area (TPSA) is 59.6 Å². The van der Waals surface area contributed by atoms with E-state index in [1.54, 1.807) is 0 Å². The highest BCUT2D eigenvalue weighted by Crippen LogP contribution is 2.38. The molecule has 1 saturated heterocycles. The van der Waals surface area contributed by atoms with Crippen molar-refractivity contribution >= 4 is 21.8 Å². The van der Waals surface area contributed by atoms with Crippen LogP contribution in [0.5, 0.6) is 11.5 Å². The van der Waals surface area contributed by atoms with Gasteiger partial charge in [0.15, 0.2) is 11.5 Å². The summed E-state index contributed by atoms with van der Waals surface area (Å²) in [5.74, 6) is 1.61. The van der Waals surface area contributed by atoms with E-state index in [9.17, 15) is 4.79 Å². The number of amides is 1. The van der Waals surface area contributed by atoms with E-state index in [1.807, 2.05) is 12.1 Å². The summed E-state index contributed by atoms with van der Waals surface area (Å²) in [6, 6.07) is 3.87. The lowest BCUT2D eigenvalue weighted by atomic mass is 10.1. The Bertz CT molecular complexity index is 521. The number of hydrogen-bond donors (Lipinski definition) is 2. The maximum absolute atomic E-state index is 11.7. The van der Waals surface area contributed by atoms with Gasteiger partial charge in [-0.1, -0.05) is 0 Å². The molecule has 0 saturated carbocycles. The smallest absolute Gasteiger partial charge is 0.237 e. The SMILES string of the molecule is O=C1NCCCC1NCc1cc(Br)c2c(c1)OCCO2. The van der Waals surface area contributed by atoms with Crippen LogP contribution in [0.2, 0.25) is 0 Å². The number of halogens is 1. The van der Waals surface area contributed by atoms with Crippen molar-refractivity contribution in [2.45, 2.75) is 25.4 Å². The highest BCUT2D eigenvalue weighted by Gasteiger charge is 2.22. The third-order valence-electron chi connectivity index (χ3n) is 3.49. The summed E-state index contributed by atoms with van der Waals surface area (Å²) >= 11 is 3.50. The minimum absolute atomic E-state index is 0.0906. The van der Waals surface area contributed by atoms with E-state index in [4.69, 9.17) is 9.47 Å². The summed E-state index contributed by atoms with van der Waals surface area (Å²) in [5.41, 5.74) is 1.07. The van der Waals surface area contributed by atoms with E-state index in [1.165, 1.54) is 0 Å². The molecule has 0 aromatic heterocycles. The molecule has 6 heteroatoms. The van der Waals surface area contributed by atoms with Crippen LogP contribution < -0.4 is 20.1 Å². The second kappa shape index (κ2) is 6.01. The number of rotatable bonds is 3. The van der Waals surface area contributed by atoms with E-state index in [-0.39, 0.29) is 11.9 Å². The minimum Gasteiger partial charge on any atom is -0.486 e. The molecule has 3 rings (SSSR count). The van der Waals surface area contributed by atoms with Gasteiger partial charge in [-0.15, -0.1) is 0 Å². The lowest BCUT2D eigenvalue weighted by Gasteiger charge is -2.24. The third kappa shape index (κ3) is 2.91. The van der Waals surface area contributed by atoms with Crippen LogP contribution in [0.25, 0.3) is 0 Å². The van der Waals surface area contributed by atoms with Crippen LogP contribution in [-0.2, 0) is 11.3 Å². The molecule has 0 bridgehead atoms. The molecule has 5 nitrogen and oxygen atoms in total. The maximum atomic E-state index is 11.7. The zero-order valence-corrected chi connectivity index (χ0v) is 12.7. The first-order valence-corrected chi connectivity index (χ1v) is 7.62. The van der Waals surface area contributed by atoms with Gasteiger partial charge in [-0.25, -0.2) is 0 Å². The van der Waals surface area contributed by atoms with Gasteiger partial charge >= 0.3 is 0 Å². The van der Waals surface area contributed by atoms with E-state index >= 15 is 0 Å². The number of ether oxygens (including phenoxy) is 2. The van der Waals surface area contributed by atoms with Crippen molar-refractivity contribution in [3.05, 3.63) is 22.2 Å². The average molecular weight is 341 g/mol. The average Bonchev–Trinajstić information content (AvgIpc) is 2.46. The Labute approximate surface area is 126 Å². The van der Waals surface area contributed by atoms with Crippen molar-refractivity contribution in [1.82, 2.24) is 10.6 Å². The standard InChI is InChI=1S/C14H17BrN2O3/c15-10-6-9(7-12-13(10)20-5-4-19-12)8-17-11-2-1-3-16-14(11)18/h6-7,11,17H,1-5,8H2,(H,16,18). The van der Waals surface area contributed by atoms with Crippen LogP contribution in [0.15, 0.2) is 16.6 Å². The van der Waals surface area contributed by atoms with Crippen molar-refractivity contribution in [3.63, 3.8) is 0 Å². The van der Waals surface area contributed by atoms with Gasteiger partial charge in [-0.2, -0.15) is 0 Å². The minimum atomic E-state index is -0.101. The van der Waals surface area contributed by atoms with Crippen molar-refractivity contribution in [2.75, 3.05) is 19.8 Å². The van der Waals surface area contributed by atoms with Crippen molar-refractivity contribution in [2.24, 2.45) is 0 Å². The van der Waals surface area contributed by atoms with Gasteiger partial charge in [0.25, 0.3) is 0 Å². The first-order chi connectivity index (χ1) is 9.74. The highest BCUT2D eigenvalue weighted by molar-refractivity contribution is 9.10. The Balaban J connectivity index is 1.68. The zero-order chi connectivity index (χ0) is 13.9. The van der Waals surface area contributed by atoms with Gasteiger partial charge in [-0.3, -0.25) is 4.79 Å². The van der Waals surface area contributed by atoms with Gasteiger partial charge in [0.1, 0.15) is 13.2 Å². The van der Waals surface area contributed by atoms with E-state index < -0.39 is 0 Å². The van der Waals surface area contributed by atoms with E-state index in [2.05, 4.69) is 26.6 Å². The Morgan fingerprint density at radius 1 is 1.35 bits per heavy atom. The number of piperidine rings is 1. The Kier molecular flexibility index (Phi) is 4.12. The third-order valence-corrected chi connectivity index (χ3v) is 4.08. The molecule has 1 aromatic rings. The molecular formula is C14H17BrN2O3. The van der Waals surface area contributed by atoms with Crippen LogP contribution >= 0.6 is 15.9 Å². The van der Waals surface area contributed by atoms with Gasteiger partial charge in [0, 0.05) is 13.1 Å². The molecular weight excluding hydrogens is 324 g/mol. The normalized spacial score (nSPS) is 21.4. The number of carbonyl (C=O) groups is 1. The summed E-state index contributed by atoms with van der Waals surface area (Å²) in [5, 5.41) is 6.17. The molecule has 0 radical (unpaired) electrons. The number of fused-ring (bicyclic) bond motifs is 1. The second-order valence-corrected chi connectivity index (χ2v) is 5.82. The quantitative estimate of drug-likeness (QED) is 0.877. The lowest BCUT2D eigenvalue weighted by molar-refractivity contribution is -0.124. The van der Waals surface area contributed by atoms with Crippen molar-refractivity contribution in [3.8, 4) is 11.5 Å². The van der Waals surface area contributed by atoms with Crippen molar-refractivity contribution in [1.29, 1.82) is 0 Å². The van der Waals surface area contributed by atoms with Gasteiger partial charge in [0.2, 0.25) is 5.91 Å². The molecule has 2 aliphatic rings. The van der Waals surface area contributed by atoms with E-state index in [0.717, 1.165) is 40.9 Å². The predicted molar refractivity (Wildman–Crippen MR) is 78.0 cm³/mol. The monoisotopic (exact) mass is 340 g/mol. The lowest BCUT2D eigenvalue weighted by Crippen LogP contribution is -2.47. The Hall–Kier alpha value is -1.27. The Morgan fingerprint density at radius 2 is 2.20 bits per heavy atom. The molecule has 1 amide bonds. The molecule has 2 N–H and O–H groups in total. The fourth-order valence-corrected chi connectivity index (χ4v) is 3.08. The highest BCUT2D eigenvalue weighted by atomic mass is 79.9. The maximum Gasteiger partial charge on any atom is 0.237 e. The fourth-order valence-electron chi connectivity index (χ4n) is 2.47. The molecule has 0 aliphatic carbocycles. The Morgan fingerprint density at radius 3 is 3.05 bits per heavy atom. The summed E-state index contributed by atoms with van der Waals surface area (Å²) in [6.07, 6.45) is 1.91. The molecule has 2 aliphatic heterocycles. The second-order valence-electron chi connectivity index (χ2n) is 4.97. The van der Waals surface area contributed by atoms with Gasteiger partial charge < -0.3 is 20.1 Å². The molecule has 2 heterocycles. The fraction of sp³-hybridized carbons (Fsp3) is 0.500. The van der Waals surface area contributed by atoms with Crippen LogP contribution in [-0.4, -0.2) is 31.7 Å². The molecule has 1 atom stereocenters. The number of benzene rings is 1. The summed E-state index contributed by atoms with van der Waals surface area (Å²) < 4.78 is 12.0. The first-order valence-electron chi connectivity index (χ1n) is 6.83. The summed E-state index contributed by atoms with van der Waals surface area (Å²) in [6.45, 7) is 2.56. The largest absolute Gasteiger partial charge is 0.486 e.